The highest BCUT2D eigenvalue weighted by Crippen LogP contribution is 2.24. The molecule has 1 rings (SSSR count). The van der Waals surface area contributed by atoms with Crippen molar-refractivity contribution in [3.63, 3.8) is 0 Å². The summed E-state index contributed by atoms with van der Waals surface area (Å²) in [5, 5.41) is 10.4. The topological polar surface area (TPSA) is 46.5 Å². The van der Waals surface area contributed by atoms with E-state index < -0.39 is 11.6 Å². The fourth-order valence-electron chi connectivity index (χ4n) is 1.03. The summed E-state index contributed by atoms with van der Waals surface area (Å²) in [5.41, 5.74) is -1.47. The van der Waals surface area contributed by atoms with E-state index in [2.05, 4.69) is 4.74 Å². The molecule has 88 valence electrons. The van der Waals surface area contributed by atoms with Crippen molar-refractivity contribution < 1.29 is 14.6 Å². The normalized spacial score (nSPS) is 14.2. The Morgan fingerprint density at radius 1 is 1.50 bits per heavy atom. The summed E-state index contributed by atoms with van der Waals surface area (Å²) in [6.07, 6.45) is 0. The number of benzene rings is 1. The number of esters is 1. The Balaban J connectivity index is 2.57. The number of rotatable bonds is 4. The zero-order valence-corrected chi connectivity index (χ0v) is 10.6. The summed E-state index contributed by atoms with van der Waals surface area (Å²) in [7, 11) is 1.25. The molecule has 0 unspecified atom stereocenters. The Bertz CT molecular complexity index is 362. The number of methoxy groups -OCH3 is 1. The van der Waals surface area contributed by atoms with Crippen LogP contribution < -0.4 is 0 Å². The Morgan fingerprint density at radius 3 is 2.56 bits per heavy atom. The van der Waals surface area contributed by atoms with E-state index in [1.54, 1.807) is 12.1 Å². The van der Waals surface area contributed by atoms with Crippen molar-refractivity contribution in [1.29, 1.82) is 0 Å². The van der Waals surface area contributed by atoms with E-state index in [1.807, 2.05) is 12.1 Å². The molecule has 0 aliphatic carbocycles. The molecule has 0 heterocycles. The number of halogens is 1. The maximum absolute atomic E-state index is 11.2. The van der Waals surface area contributed by atoms with Gasteiger partial charge in [0.15, 0.2) is 5.60 Å². The Morgan fingerprint density at radius 2 is 2.06 bits per heavy atom. The summed E-state index contributed by atoms with van der Waals surface area (Å²) < 4.78 is 4.50. The molecule has 0 radical (unpaired) electrons. The van der Waals surface area contributed by atoms with Gasteiger partial charge in [0.1, 0.15) is 0 Å². The van der Waals surface area contributed by atoms with E-state index in [4.69, 9.17) is 11.6 Å². The summed E-state index contributed by atoms with van der Waals surface area (Å²) in [6.45, 7) is 1.43. The highest BCUT2D eigenvalue weighted by molar-refractivity contribution is 7.99. The van der Waals surface area contributed by atoms with Gasteiger partial charge in [-0.25, -0.2) is 4.79 Å². The lowest BCUT2D eigenvalue weighted by atomic mass is 10.1. The van der Waals surface area contributed by atoms with Gasteiger partial charge in [0.2, 0.25) is 0 Å². The first kappa shape index (κ1) is 13.4. The third-order valence-electron chi connectivity index (χ3n) is 1.96. The van der Waals surface area contributed by atoms with Crippen molar-refractivity contribution in [3.8, 4) is 0 Å². The van der Waals surface area contributed by atoms with E-state index in [9.17, 15) is 9.90 Å². The molecular weight excluding hydrogens is 248 g/mol. The molecule has 0 aromatic heterocycles. The molecule has 0 aliphatic rings. The monoisotopic (exact) mass is 260 g/mol. The molecule has 0 aliphatic heterocycles. The average Bonchev–Trinajstić information content (AvgIpc) is 2.27. The molecule has 0 fully saturated rings. The van der Waals surface area contributed by atoms with Crippen LogP contribution in [0.1, 0.15) is 6.92 Å². The minimum absolute atomic E-state index is 0.237. The first-order valence-electron chi connectivity index (χ1n) is 4.65. The molecule has 0 saturated heterocycles. The van der Waals surface area contributed by atoms with Crippen LogP contribution in [0.2, 0.25) is 5.02 Å². The molecular formula is C11H13ClO3S. The Hall–Kier alpha value is -0.710. The maximum atomic E-state index is 11.2. The second-order valence-electron chi connectivity index (χ2n) is 3.51. The Labute approximate surface area is 104 Å². The van der Waals surface area contributed by atoms with Crippen molar-refractivity contribution in [1.82, 2.24) is 0 Å². The number of carbonyl (C=O) groups is 1. The van der Waals surface area contributed by atoms with Crippen LogP contribution in [0.15, 0.2) is 29.2 Å². The summed E-state index contributed by atoms with van der Waals surface area (Å²) in [5.74, 6) is -0.393. The van der Waals surface area contributed by atoms with Crippen LogP contribution >= 0.6 is 23.4 Å². The van der Waals surface area contributed by atoms with Crippen molar-refractivity contribution >= 4 is 29.3 Å². The first-order valence-corrected chi connectivity index (χ1v) is 6.01. The predicted octanol–water partition coefficient (Wildman–Crippen LogP) is 2.36. The van der Waals surface area contributed by atoms with E-state index in [1.165, 1.54) is 25.8 Å². The van der Waals surface area contributed by atoms with Crippen LogP contribution in [-0.2, 0) is 9.53 Å². The molecule has 1 atom stereocenters. The summed E-state index contributed by atoms with van der Waals surface area (Å²) >= 11 is 7.11. The van der Waals surface area contributed by atoms with Gasteiger partial charge in [0, 0.05) is 15.7 Å². The number of aliphatic hydroxyl groups is 1. The molecule has 3 nitrogen and oxygen atoms in total. The standard InChI is InChI=1S/C11H13ClO3S/c1-11(14,10(13)15-2)7-16-9-5-3-8(12)4-6-9/h3-6,14H,7H2,1-2H3/t11-/m1/s1. The summed E-state index contributed by atoms with van der Waals surface area (Å²) in [4.78, 5) is 12.1. The number of hydrogen-bond donors (Lipinski definition) is 1. The van der Waals surface area contributed by atoms with Gasteiger partial charge in [-0.15, -0.1) is 11.8 Å². The van der Waals surface area contributed by atoms with Gasteiger partial charge in [-0.05, 0) is 31.2 Å². The second kappa shape index (κ2) is 5.57. The quantitative estimate of drug-likeness (QED) is 0.667. The third-order valence-corrected chi connectivity index (χ3v) is 3.52. The lowest BCUT2D eigenvalue weighted by molar-refractivity contribution is -0.158. The molecule has 5 heteroatoms. The van der Waals surface area contributed by atoms with E-state index in [0.29, 0.717) is 5.02 Å². The van der Waals surface area contributed by atoms with E-state index >= 15 is 0 Å². The van der Waals surface area contributed by atoms with Crippen LogP contribution in [0.3, 0.4) is 0 Å². The molecule has 1 N–H and O–H groups in total. The summed E-state index contributed by atoms with van der Waals surface area (Å²) in [6, 6.07) is 7.19. The van der Waals surface area contributed by atoms with Crippen LogP contribution in [0.25, 0.3) is 0 Å². The van der Waals surface area contributed by atoms with Gasteiger partial charge in [0.05, 0.1) is 7.11 Å². The zero-order chi connectivity index (χ0) is 12.2. The first-order chi connectivity index (χ1) is 7.45. The van der Waals surface area contributed by atoms with E-state index in [0.717, 1.165) is 4.90 Å². The number of hydrogen-bond acceptors (Lipinski definition) is 4. The van der Waals surface area contributed by atoms with Gasteiger partial charge in [-0.2, -0.15) is 0 Å². The highest BCUT2D eigenvalue weighted by Gasteiger charge is 2.31. The molecule has 0 bridgehead atoms. The fraction of sp³-hybridized carbons (Fsp3) is 0.364. The van der Waals surface area contributed by atoms with E-state index in [-0.39, 0.29) is 5.75 Å². The van der Waals surface area contributed by atoms with Crippen molar-refractivity contribution in [2.24, 2.45) is 0 Å². The van der Waals surface area contributed by atoms with Gasteiger partial charge >= 0.3 is 5.97 Å². The fourth-order valence-corrected chi connectivity index (χ4v) is 2.05. The lowest BCUT2D eigenvalue weighted by Gasteiger charge is -2.19. The molecule has 1 aromatic rings. The number of thioether (sulfide) groups is 1. The zero-order valence-electron chi connectivity index (χ0n) is 9.07. The van der Waals surface area contributed by atoms with Crippen molar-refractivity contribution in [2.75, 3.05) is 12.9 Å². The molecule has 0 spiro atoms. The van der Waals surface area contributed by atoms with Gasteiger partial charge in [-0.3, -0.25) is 0 Å². The van der Waals surface area contributed by atoms with Gasteiger partial charge in [-0.1, -0.05) is 11.6 Å². The van der Waals surface area contributed by atoms with Crippen LogP contribution in [0.5, 0.6) is 0 Å². The molecule has 0 amide bonds. The minimum atomic E-state index is -1.47. The van der Waals surface area contributed by atoms with Gasteiger partial charge < -0.3 is 9.84 Å². The highest BCUT2D eigenvalue weighted by atomic mass is 35.5. The second-order valence-corrected chi connectivity index (χ2v) is 4.99. The minimum Gasteiger partial charge on any atom is -0.467 e. The van der Waals surface area contributed by atoms with Crippen LogP contribution in [0, 0.1) is 0 Å². The smallest absolute Gasteiger partial charge is 0.338 e. The van der Waals surface area contributed by atoms with Crippen LogP contribution in [-0.4, -0.2) is 29.5 Å². The third kappa shape index (κ3) is 3.70. The predicted molar refractivity (Wildman–Crippen MR) is 64.8 cm³/mol. The average molecular weight is 261 g/mol. The van der Waals surface area contributed by atoms with Crippen molar-refractivity contribution in [3.05, 3.63) is 29.3 Å². The number of carbonyl (C=O) groups excluding carboxylic acids is 1. The lowest BCUT2D eigenvalue weighted by Crippen LogP contribution is -2.38. The largest absolute Gasteiger partial charge is 0.467 e. The van der Waals surface area contributed by atoms with Crippen molar-refractivity contribution in [2.45, 2.75) is 17.4 Å². The molecule has 1 aromatic carbocycles. The van der Waals surface area contributed by atoms with Gasteiger partial charge in [0.25, 0.3) is 0 Å². The van der Waals surface area contributed by atoms with Crippen LogP contribution in [0.4, 0.5) is 0 Å². The molecule has 16 heavy (non-hydrogen) atoms. The SMILES string of the molecule is COC(=O)[C@](C)(O)CSc1ccc(Cl)cc1. The molecule has 0 saturated carbocycles. The number of ether oxygens (including phenoxy) is 1. The maximum Gasteiger partial charge on any atom is 0.338 e. The Kier molecular flexibility index (Phi) is 4.65.